The van der Waals surface area contributed by atoms with Gasteiger partial charge in [0.15, 0.2) is 17.2 Å². The predicted molar refractivity (Wildman–Crippen MR) is 76.0 cm³/mol. The van der Waals surface area contributed by atoms with Crippen LogP contribution in [0, 0.1) is 0 Å². The second kappa shape index (κ2) is 7.87. The maximum absolute atomic E-state index is 12.4. The van der Waals surface area contributed by atoms with Crippen LogP contribution in [0.1, 0.15) is 16.8 Å². The molecule has 0 fully saturated rings. The van der Waals surface area contributed by atoms with Gasteiger partial charge in [-0.3, -0.25) is 14.4 Å². The third-order valence-electron chi connectivity index (χ3n) is 2.96. The number of nitrogens with zero attached hydrogens (tertiary/aromatic N) is 1. The van der Waals surface area contributed by atoms with Gasteiger partial charge in [0, 0.05) is 12.1 Å². The van der Waals surface area contributed by atoms with Crippen molar-refractivity contribution in [1.82, 2.24) is 4.90 Å². The molecule has 0 aliphatic carbocycles. The van der Waals surface area contributed by atoms with Crippen LogP contribution in [0.3, 0.4) is 0 Å². The van der Waals surface area contributed by atoms with E-state index in [2.05, 4.69) is 9.47 Å². The minimum absolute atomic E-state index is 0.136. The third-order valence-corrected chi connectivity index (χ3v) is 2.96. The van der Waals surface area contributed by atoms with Crippen molar-refractivity contribution in [2.75, 3.05) is 27.3 Å². The lowest BCUT2D eigenvalue weighted by Gasteiger charge is -2.21. The molecule has 0 radical (unpaired) electrons. The van der Waals surface area contributed by atoms with Gasteiger partial charge in [-0.2, -0.15) is 0 Å². The molecule has 0 saturated carbocycles. The fraction of sp³-hybridized carbons (Fsp3) is 0.357. The number of phenols is 3. The number of esters is 2. The van der Waals surface area contributed by atoms with Crippen molar-refractivity contribution >= 4 is 17.8 Å². The van der Waals surface area contributed by atoms with Crippen LogP contribution >= 0.6 is 0 Å². The molecule has 0 saturated heterocycles. The number of methoxy groups -OCH3 is 2. The summed E-state index contributed by atoms with van der Waals surface area (Å²) < 4.78 is 8.94. The molecule has 0 atom stereocenters. The van der Waals surface area contributed by atoms with Gasteiger partial charge in [-0.15, -0.1) is 0 Å². The summed E-state index contributed by atoms with van der Waals surface area (Å²) in [4.78, 5) is 36.0. The Balaban J connectivity index is 3.02. The number of benzene rings is 1. The standard InChI is InChI=1S/C14H17NO8/c1-22-11(18)3-4-15(7-12(19)23-2)14(21)8-5-9(16)13(20)10(17)6-8/h5-6,16-17,20H,3-4,7H2,1-2H3. The molecule has 23 heavy (non-hydrogen) atoms. The summed E-state index contributed by atoms with van der Waals surface area (Å²) in [5.41, 5.74) is -0.174. The first-order valence-electron chi connectivity index (χ1n) is 6.48. The number of phenolic OH excluding ortho intramolecular Hbond substituents is 3. The van der Waals surface area contributed by atoms with Crippen LogP contribution in [0.25, 0.3) is 0 Å². The molecule has 126 valence electrons. The van der Waals surface area contributed by atoms with E-state index in [0.29, 0.717) is 0 Å². The molecular formula is C14H17NO8. The summed E-state index contributed by atoms with van der Waals surface area (Å²) in [6.07, 6.45) is -0.157. The molecule has 1 amide bonds. The number of hydrogen-bond acceptors (Lipinski definition) is 8. The van der Waals surface area contributed by atoms with Gasteiger partial charge >= 0.3 is 11.9 Å². The normalized spacial score (nSPS) is 10.0. The van der Waals surface area contributed by atoms with Gasteiger partial charge in [0.05, 0.1) is 20.6 Å². The van der Waals surface area contributed by atoms with Crippen molar-refractivity contribution in [3.8, 4) is 17.2 Å². The Morgan fingerprint density at radius 2 is 1.52 bits per heavy atom. The van der Waals surface area contributed by atoms with E-state index in [1.54, 1.807) is 0 Å². The van der Waals surface area contributed by atoms with Crippen molar-refractivity contribution in [2.45, 2.75) is 6.42 Å². The van der Waals surface area contributed by atoms with Gasteiger partial charge in [-0.05, 0) is 12.1 Å². The molecule has 0 aliphatic rings. The molecule has 0 aliphatic heterocycles. The molecule has 0 bridgehead atoms. The predicted octanol–water partition coefficient (Wildman–Crippen LogP) is -0.0183. The van der Waals surface area contributed by atoms with Gasteiger partial charge in [-0.1, -0.05) is 0 Å². The quantitative estimate of drug-likeness (QED) is 0.490. The Labute approximate surface area is 131 Å². The Hall–Kier alpha value is -2.97. The van der Waals surface area contributed by atoms with Crippen molar-refractivity contribution in [2.24, 2.45) is 0 Å². The molecule has 3 N–H and O–H groups in total. The van der Waals surface area contributed by atoms with E-state index in [1.807, 2.05) is 0 Å². The number of aromatic hydroxyl groups is 3. The van der Waals surface area contributed by atoms with Crippen LogP contribution < -0.4 is 0 Å². The maximum Gasteiger partial charge on any atom is 0.325 e. The highest BCUT2D eigenvalue weighted by Gasteiger charge is 2.22. The smallest absolute Gasteiger partial charge is 0.325 e. The van der Waals surface area contributed by atoms with Gasteiger partial charge < -0.3 is 29.7 Å². The summed E-state index contributed by atoms with van der Waals surface area (Å²) in [7, 11) is 2.33. The number of carbonyl (C=O) groups excluding carboxylic acids is 3. The molecule has 0 unspecified atom stereocenters. The first-order chi connectivity index (χ1) is 10.8. The monoisotopic (exact) mass is 327 g/mol. The van der Waals surface area contributed by atoms with E-state index in [4.69, 9.17) is 0 Å². The van der Waals surface area contributed by atoms with E-state index < -0.39 is 41.6 Å². The Bertz CT molecular complexity index is 590. The summed E-state index contributed by atoms with van der Waals surface area (Å²) in [5.74, 6) is -4.20. The summed E-state index contributed by atoms with van der Waals surface area (Å²) in [5, 5.41) is 28.2. The highest BCUT2D eigenvalue weighted by atomic mass is 16.5. The van der Waals surface area contributed by atoms with Crippen molar-refractivity contribution < 1.29 is 39.2 Å². The summed E-state index contributed by atoms with van der Waals surface area (Å²) >= 11 is 0. The molecular weight excluding hydrogens is 310 g/mol. The molecule has 9 nitrogen and oxygen atoms in total. The van der Waals surface area contributed by atoms with Crippen molar-refractivity contribution in [1.29, 1.82) is 0 Å². The minimum Gasteiger partial charge on any atom is -0.504 e. The first-order valence-corrected chi connectivity index (χ1v) is 6.48. The Morgan fingerprint density at radius 1 is 1.00 bits per heavy atom. The van der Waals surface area contributed by atoms with Crippen LogP contribution in [0.2, 0.25) is 0 Å². The maximum atomic E-state index is 12.4. The number of amides is 1. The van der Waals surface area contributed by atoms with Gasteiger partial charge in [0.2, 0.25) is 0 Å². The minimum atomic E-state index is -0.768. The van der Waals surface area contributed by atoms with E-state index in [1.165, 1.54) is 7.11 Å². The lowest BCUT2D eigenvalue weighted by atomic mass is 10.1. The van der Waals surface area contributed by atoms with Gasteiger partial charge in [-0.25, -0.2) is 0 Å². The van der Waals surface area contributed by atoms with Gasteiger partial charge in [0.1, 0.15) is 6.54 Å². The van der Waals surface area contributed by atoms with Crippen LogP contribution in [0.5, 0.6) is 17.2 Å². The zero-order chi connectivity index (χ0) is 17.6. The fourth-order valence-corrected chi connectivity index (χ4v) is 1.71. The highest BCUT2D eigenvalue weighted by Crippen LogP contribution is 2.35. The average Bonchev–Trinajstić information content (AvgIpc) is 2.54. The van der Waals surface area contributed by atoms with Crippen LogP contribution in [0.4, 0.5) is 0 Å². The van der Waals surface area contributed by atoms with Crippen LogP contribution in [0.15, 0.2) is 12.1 Å². The summed E-state index contributed by atoms with van der Waals surface area (Å²) in [6.45, 7) is -0.572. The van der Waals surface area contributed by atoms with E-state index in [-0.39, 0.29) is 18.5 Å². The lowest BCUT2D eigenvalue weighted by Crippen LogP contribution is -2.37. The molecule has 1 aromatic rings. The lowest BCUT2D eigenvalue weighted by molar-refractivity contribution is -0.143. The largest absolute Gasteiger partial charge is 0.504 e. The van der Waals surface area contributed by atoms with Crippen molar-refractivity contribution in [3.63, 3.8) is 0 Å². The van der Waals surface area contributed by atoms with E-state index in [0.717, 1.165) is 24.1 Å². The Morgan fingerprint density at radius 3 is 2.00 bits per heavy atom. The number of rotatable bonds is 6. The zero-order valence-corrected chi connectivity index (χ0v) is 12.6. The second-order valence-electron chi connectivity index (χ2n) is 4.49. The molecule has 0 heterocycles. The molecule has 0 aromatic heterocycles. The second-order valence-corrected chi connectivity index (χ2v) is 4.49. The van der Waals surface area contributed by atoms with Crippen LogP contribution in [-0.4, -0.2) is 65.4 Å². The highest BCUT2D eigenvalue weighted by molar-refractivity contribution is 5.97. The number of hydrogen-bond donors (Lipinski definition) is 3. The van der Waals surface area contributed by atoms with E-state index in [9.17, 15) is 29.7 Å². The average molecular weight is 327 g/mol. The molecule has 1 aromatic carbocycles. The van der Waals surface area contributed by atoms with E-state index >= 15 is 0 Å². The fourth-order valence-electron chi connectivity index (χ4n) is 1.71. The van der Waals surface area contributed by atoms with Crippen LogP contribution in [-0.2, 0) is 19.1 Å². The van der Waals surface area contributed by atoms with Gasteiger partial charge in [0.25, 0.3) is 5.91 Å². The molecule has 1 rings (SSSR count). The summed E-state index contributed by atoms with van der Waals surface area (Å²) in [6, 6.07) is 1.86. The topological polar surface area (TPSA) is 134 Å². The number of carbonyl (C=O) groups is 3. The third kappa shape index (κ3) is 4.77. The zero-order valence-electron chi connectivity index (χ0n) is 12.6. The SMILES string of the molecule is COC(=O)CCN(CC(=O)OC)C(=O)c1cc(O)c(O)c(O)c1. The Kier molecular flexibility index (Phi) is 6.19. The number of ether oxygens (including phenoxy) is 2. The first kappa shape index (κ1) is 18.1. The molecule has 0 spiro atoms. The molecule has 9 heteroatoms. The van der Waals surface area contributed by atoms with Crippen molar-refractivity contribution in [3.05, 3.63) is 17.7 Å².